The molecular weight excluding hydrogens is 316 g/mol. The zero-order valence-corrected chi connectivity index (χ0v) is 14.8. The Bertz CT molecular complexity index is 581. The summed E-state index contributed by atoms with van der Waals surface area (Å²) in [5, 5.41) is 14.9. The Kier molecular flexibility index (Phi) is 7.22. The van der Waals surface area contributed by atoms with Crippen LogP contribution in [0.15, 0.2) is 6.07 Å². The van der Waals surface area contributed by atoms with E-state index in [9.17, 15) is 19.5 Å². The van der Waals surface area contributed by atoms with Crippen molar-refractivity contribution in [3.63, 3.8) is 0 Å². The lowest BCUT2D eigenvalue weighted by Crippen LogP contribution is -2.44. The maximum absolute atomic E-state index is 12.4. The number of unbranched alkanes of at least 4 members (excludes halogenated alkanes) is 1. The van der Waals surface area contributed by atoms with E-state index in [2.05, 4.69) is 10.6 Å². The van der Waals surface area contributed by atoms with Crippen molar-refractivity contribution >= 4 is 34.1 Å². The van der Waals surface area contributed by atoms with Gasteiger partial charge in [-0.2, -0.15) is 0 Å². The predicted octanol–water partition coefficient (Wildman–Crippen LogP) is 3.02. The second kappa shape index (κ2) is 8.67. The molecule has 128 valence electrons. The highest BCUT2D eigenvalue weighted by molar-refractivity contribution is 7.16. The highest BCUT2D eigenvalue weighted by Gasteiger charge is 2.26. The lowest BCUT2D eigenvalue weighted by molar-refractivity contribution is -0.140. The largest absolute Gasteiger partial charge is 0.480 e. The van der Waals surface area contributed by atoms with Crippen LogP contribution in [-0.2, 0) is 9.59 Å². The number of carboxylic acids is 1. The van der Waals surface area contributed by atoms with Gasteiger partial charge in [0.05, 0.1) is 5.56 Å². The Labute approximate surface area is 140 Å². The van der Waals surface area contributed by atoms with E-state index >= 15 is 0 Å². The minimum absolute atomic E-state index is 0.138. The third-order valence-corrected chi connectivity index (χ3v) is 4.30. The number of rotatable bonds is 8. The quantitative estimate of drug-likeness (QED) is 0.678. The number of anilines is 1. The topological polar surface area (TPSA) is 95.5 Å². The van der Waals surface area contributed by atoms with E-state index in [1.54, 1.807) is 19.9 Å². The number of carbonyl (C=O) groups excluding carboxylic acids is 2. The van der Waals surface area contributed by atoms with Gasteiger partial charge in [0.2, 0.25) is 5.91 Å². The normalized spacial score (nSPS) is 12.0. The average Bonchev–Trinajstić information content (AvgIpc) is 2.82. The van der Waals surface area contributed by atoms with Gasteiger partial charge in [0.15, 0.2) is 0 Å². The third-order valence-electron chi connectivity index (χ3n) is 3.33. The van der Waals surface area contributed by atoms with Gasteiger partial charge in [0.1, 0.15) is 11.0 Å². The molecule has 6 nitrogen and oxygen atoms in total. The lowest BCUT2D eigenvalue weighted by Gasteiger charge is -2.18. The molecule has 0 aliphatic heterocycles. The number of aryl methyl sites for hydroxylation is 1. The highest BCUT2D eigenvalue weighted by Crippen LogP contribution is 2.28. The molecule has 1 aromatic heterocycles. The first-order valence-electron chi connectivity index (χ1n) is 7.70. The van der Waals surface area contributed by atoms with Crippen LogP contribution in [0.3, 0.4) is 0 Å². The monoisotopic (exact) mass is 340 g/mol. The van der Waals surface area contributed by atoms with Gasteiger partial charge in [0, 0.05) is 11.3 Å². The van der Waals surface area contributed by atoms with Crippen LogP contribution >= 0.6 is 11.3 Å². The van der Waals surface area contributed by atoms with Crippen LogP contribution in [0.25, 0.3) is 0 Å². The molecule has 1 heterocycles. The fraction of sp³-hybridized carbons (Fsp3) is 0.562. The Morgan fingerprint density at radius 1 is 1.30 bits per heavy atom. The van der Waals surface area contributed by atoms with Gasteiger partial charge in [-0.1, -0.05) is 27.2 Å². The Morgan fingerprint density at radius 2 is 1.96 bits per heavy atom. The molecular formula is C16H24N2O4S. The molecule has 2 amide bonds. The molecule has 0 fully saturated rings. The summed E-state index contributed by atoms with van der Waals surface area (Å²) in [6, 6.07) is 0.695. The van der Waals surface area contributed by atoms with Crippen LogP contribution in [-0.4, -0.2) is 28.9 Å². The molecule has 1 rings (SSSR count). The molecule has 1 unspecified atom stereocenters. The summed E-state index contributed by atoms with van der Waals surface area (Å²) >= 11 is 1.31. The second-order valence-electron chi connectivity index (χ2n) is 5.78. The van der Waals surface area contributed by atoms with Gasteiger partial charge < -0.3 is 15.7 Å². The third kappa shape index (κ3) is 5.67. The number of hydrogen-bond acceptors (Lipinski definition) is 4. The van der Waals surface area contributed by atoms with Gasteiger partial charge in [-0.05, 0) is 25.3 Å². The Hall–Kier alpha value is -1.89. The lowest BCUT2D eigenvalue weighted by atomic mass is 10.0. The Morgan fingerprint density at radius 3 is 2.48 bits per heavy atom. The van der Waals surface area contributed by atoms with Crippen molar-refractivity contribution in [1.29, 1.82) is 0 Å². The molecule has 0 aliphatic carbocycles. The minimum Gasteiger partial charge on any atom is -0.480 e. The molecule has 0 radical (unpaired) electrons. The zero-order chi connectivity index (χ0) is 17.6. The average molecular weight is 340 g/mol. The molecule has 0 saturated carbocycles. The number of carboxylic acid groups (broad SMARTS) is 1. The van der Waals surface area contributed by atoms with Crippen molar-refractivity contribution in [2.75, 3.05) is 5.32 Å². The maximum Gasteiger partial charge on any atom is 0.326 e. The van der Waals surface area contributed by atoms with E-state index in [-0.39, 0.29) is 11.8 Å². The molecule has 7 heteroatoms. The summed E-state index contributed by atoms with van der Waals surface area (Å²) in [4.78, 5) is 36.3. The molecule has 0 aromatic carbocycles. The number of aliphatic carboxylic acids is 1. The molecule has 0 spiro atoms. The van der Waals surface area contributed by atoms with Gasteiger partial charge in [-0.15, -0.1) is 11.3 Å². The first kappa shape index (κ1) is 19.2. The standard InChI is InChI=1S/C16H24N2O4S/c1-5-6-7-12(19)17-15-11(8-10(4)23-15)14(20)18-13(9(2)3)16(21)22/h8-9,13H,5-7H2,1-4H3,(H,17,19)(H,18,20)(H,21,22). The first-order chi connectivity index (χ1) is 10.8. The van der Waals surface area contributed by atoms with E-state index in [0.29, 0.717) is 17.0 Å². The molecule has 23 heavy (non-hydrogen) atoms. The number of thiophene rings is 1. The summed E-state index contributed by atoms with van der Waals surface area (Å²) in [7, 11) is 0. The predicted molar refractivity (Wildman–Crippen MR) is 90.9 cm³/mol. The summed E-state index contributed by atoms with van der Waals surface area (Å²) in [5.74, 6) is -1.93. The number of amides is 2. The molecule has 1 atom stereocenters. The molecule has 0 aliphatic rings. The van der Waals surface area contributed by atoms with Gasteiger partial charge in [-0.3, -0.25) is 9.59 Å². The summed E-state index contributed by atoms with van der Waals surface area (Å²) in [6.45, 7) is 7.29. The van der Waals surface area contributed by atoms with Crippen LogP contribution in [0.5, 0.6) is 0 Å². The summed E-state index contributed by atoms with van der Waals surface area (Å²) in [6.07, 6.45) is 2.10. The van der Waals surface area contributed by atoms with E-state index in [1.807, 2.05) is 13.8 Å². The number of nitrogens with one attached hydrogen (secondary N) is 2. The van der Waals surface area contributed by atoms with E-state index < -0.39 is 17.9 Å². The first-order valence-corrected chi connectivity index (χ1v) is 8.51. The number of carbonyl (C=O) groups is 3. The molecule has 0 saturated heterocycles. The van der Waals surface area contributed by atoms with Gasteiger partial charge in [0.25, 0.3) is 5.91 Å². The van der Waals surface area contributed by atoms with E-state index in [4.69, 9.17) is 0 Å². The maximum atomic E-state index is 12.4. The van der Waals surface area contributed by atoms with Crippen molar-refractivity contribution in [2.45, 2.75) is 53.0 Å². The zero-order valence-electron chi connectivity index (χ0n) is 13.9. The second-order valence-corrected chi connectivity index (χ2v) is 7.04. The molecule has 1 aromatic rings. The summed E-state index contributed by atoms with van der Waals surface area (Å²) in [5.41, 5.74) is 0.309. The summed E-state index contributed by atoms with van der Waals surface area (Å²) < 4.78 is 0. The molecule has 0 bridgehead atoms. The fourth-order valence-corrected chi connectivity index (χ4v) is 2.96. The van der Waals surface area contributed by atoms with Crippen LogP contribution in [0.2, 0.25) is 0 Å². The Balaban J connectivity index is 2.88. The smallest absolute Gasteiger partial charge is 0.326 e. The van der Waals surface area contributed by atoms with Gasteiger partial charge >= 0.3 is 5.97 Å². The van der Waals surface area contributed by atoms with Crippen LogP contribution in [0, 0.1) is 12.8 Å². The fourth-order valence-electron chi connectivity index (χ4n) is 2.03. The SMILES string of the molecule is CCCCC(=O)Nc1sc(C)cc1C(=O)NC(C(=O)O)C(C)C. The van der Waals surface area contributed by atoms with Crippen LogP contribution in [0.1, 0.15) is 55.3 Å². The van der Waals surface area contributed by atoms with E-state index in [0.717, 1.165) is 17.7 Å². The van der Waals surface area contributed by atoms with Crippen LogP contribution in [0.4, 0.5) is 5.00 Å². The minimum atomic E-state index is -1.08. The van der Waals surface area contributed by atoms with Crippen molar-refractivity contribution in [1.82, 2.24) is 5.32 Å². The van der Waals surface area contributed by atoms with Crippen LogP contribution < -0.4 is 10.6 Å². The number of hydrogen-bond donors (Lipinski definition) is 3. The van der Waals surface area contributed by atoms with Crippen molar-refractivity contribution < 1.29 is 19.5 Å². The van der Waals surface area contributed by atoms with Crippen molar-refractivity contribution in [3.05, 3.63) is 16.5 Å². The van der Waals surface area contributed by atoms with Gasteiger partial charge in [-0.25, -0.2) is 4.79 Å². The van der Waals surface area contributed by atoms with E-state index in [1.165, 1.54) is 11.3 Å². The van der Waals surface area contributed by atoms with Crippen molar-refractivity contribution in [2.24, 2.45) is 5.92 Å². The van der Waals surface area contributed by atoms with Crippen molar-refractivity contribution in [3.8, 4) is 0 Å². The molecule has 3 N–H and O–H groups in total. The highest BCUT2D eigenvalue weighted by atomic mass is 32.1.